The van der Waals surface area contributed by atoms with Gasteiger partial charge >= 0.3 is 0 Å². The van der Waals surface area contributed by atoms with E-state index in [0.717, 1.165) is 15.6 Å². The minimum absolute atomic E-state index is 0.233. The lowest BCUT2D eigenvalue weighted by Gasteiger charge is -2.11. The zero-order valence-corrected chi connectivity index (χ0v) is 12.1. The summed E-state index contributed by atoms with van der Waals surface area (Å²) in [5.41, 5.74) is 2.47. The highest BCUT2D eigenvalue weighted by Crippen LogP contribution is 2.24. The van der Waals surface area contributed by atoms with Crippen molar-refractivity contribution in [1.29, 1.82) is 0 Å². The fraction of sp³-hybridized carbons (Fsp3) is 0.143. The van der Waals surface area contributed by atoms with Gasteiger partial charge in [0.1, 0.15) is 5.82 Å². The van der Waals surface area contributed by atoms with Crippen molar-refractivity contribution in [2.24, 2.45) is 0 Å². The fourth-order valence-electron chi connectivity index (χ4n) is 1.70. The van der Waals surface area contributed by atoms with Gasteiger partial charge in [0.15, 0.2) is 0 Å². The van der Waals surface area contributed by atoms with E-state index in [1.54, 1.807) is 6.07 Å². The second-order valence-electron chi connectivity index (χ2n) is 4.03. The molecule has 18 heavy (non-hydrogen) atoms. The van der Waals surface area contributed by atoms with Crippen LogP contribution >= 0.6 is 27.5 Å². The quantitative estimate of drug-likeness (QED) is 0.820. The first-order valence-corrected chi connectivity index (χ1v) is 6.68. The summed E-state index contributed by atoms with van der Waals surface area (Å²) in [7, 11) is 0. The Labute approximate surface area is 119 Å². The van der Waals surface area contributed by atoms with Crippen LogP contribution in [-0.4, -0.2) is 0 Å². The molecule has 0 spiro atoms. The Kier molecular flexibility index (Phi) is 4.25. The van der Waals surface area contributed by atoms with Crippen LogP contribution in [0.1, 0.15) is 11.1 Å². The zero-order valence-electron chi connectivity index (χ0n) is 9.81. The van der Waals surface area contributed by atoms with Crippen LogP contribution in [0.15, 0.2) is 40.9 Å². The van der Waals surface area contributed by atoms with Gasteiger partial charge < -0.3 is 5.32 Å². The molecule has 0 fully saturated rings. The molecule has 0 heterocycles. The number of aryl methyl sites for hydroxylation is 1. The number of nitrogens with one attached hydrogen (secondary N) is 1. The molecule has 0 aliphatic carbocycles. The molecule has 0 unspecified atom stereocenters. The molecule has 0 radical (unpaired) electrons. The van der Waals surface area contributed by atoms with E-state index in [9.17, 15) is 4.39 Å². The molecule has 0 atom stereocenters. The van der Waals surface area contributed by atoms with Gasteiger partial charge in [-0.1, -0.05) is 29.8 Å². The maximum absolute atomic E-state index is 13.6. The summed E-state index contributed by atoms with van der Waals surface area (Å²) in [6.07, 6.45) is 0. The summed E-state index contributed by atoms with van der Waals surface area (Å²) in [6, 6.07) is 10.7. The number of anilines is 1. The Bertz CT molecular complexity index is 551. The lowest BCUT2D eigenvalue weighted by molar-refractivity contribution is 0.629. The van der Waals surface area contributed by atoms with E-state index in [1.807, 2.05) is 31.2 Å². The Balaban J connectivity index is 2.14. The lowest BCUT2D eigenvalue weighted by atomic mass is 10.1. The molecule has 94 valence electrons. The van der Waals surface area contributed by atoms with Gasteiger partial charge in [-0.3, -0.25) is 0 Å². The van der Waals surface area contributed by atoms with Crippen molar-refractivity contribution in [3.05, 3.63) is 62.8 Å². The van der Waals surface area contributed by atoms with Crippen molar-refractivity contribution >= 4 is 33.2 Å². The van der Waals surface area contributed by atoms with Crippen molar-refractivity contribution in [3.8, 4) is 0 Å². The Morgan fingerprint density at radius 1 is 1.28 bits per heavy atom. The molecule has 0 bridgehead atoms. The van der Waals surface area contributed by atoms with Crippen LogP contribution in [0, 0.1) is 12.7 Å². The van der Waals surface area contributed by atoms with Crippen LogP contribution < -0.4 is 5.32 Å². The van der Waals surface area contributed by atoms with Crippen LogP contribution in [-0.2, 0) is 6.54 Å². The van der Waals surface area contributed by atoms with Gasteiger partial charge in [-0.2, -0.15) is 0 Å². The zero-order chi connectivity index (χ0) is 13.1. The van der Waals surface area contributed by atoms with Gasteiger partial charge in [0.2, 0.25) is 0 Å². The molecule has 2 rings (SSSR count). The van der Waals surface area contributed by atoms with Crippen LogP contribution in [0.3, 0.4) is 0 Å². The molecule has 0 aromatic heterocycles. The highest BCUT2D eigenvalue weighted by molar-refractivity contribution is 9.10. The van der Waals surface area contributed by atoms with Crippen molar-refractivity contribution in [3.63, 3.8) is 0 Å². The Morgan fingerprint density at radius 2 is 2.06 bits per heavy atom. The van der Waals surface area contributed by atoms with Gasteiger partial charge in [-0.05, 0) is 52.2 Å². The Hall–Kier alpha value is -1.06. The topological polar surface area (TPSA) is 12.0 Å². The monoisotopic (exact) mass is 327 g/mol. The summed E-state index contributed by atoms with van der Waals surface area (Å²) in [5, 5.41) is 3.77. The Morgan fingerprint density at radius 3 is 2.72 bits per heavy atom. The normalized spacial score (nSPS) is 10.4. The van der Waals surface area contributed by atoms with E-state index in [0.29, 0.717) is 17.3 Å². The van der Waals surface area contributed by atoms with Crippen LogP contribution in [0.2, 0.25) is 5.02 Å². The average Bonchev–Trinajstić information content (AvgIpc) is 2.33. The highest BCUT2D eigenvalue weighted by Gasteiger charge is 2.05. The summed E-state index contributed by atoms with van der Waals surface area (Å²) < 4.78 is 14.4. The fourth-order valence-corrected chi connectivity index (χ4v) is 2.24. The second-order valence-corrected chi connectivity index (χ2v) is 5.30. The van der Waals surface area contributed by atoms with Gasteiger partial charge in [0.25, 0.3) is 0 Å². The standard InChI is InChI=1S/C14H12BrClFN/c1-9-3-2-4-13(17)14(9)18-8-10-5-6-12(16)11(15)7-10/h2-7,18H,8H2,1H3. The molecule has 2 aromatic carbocycles. The average molecular weight is 329 g/mol. The molecule has 1 N–H and O–H groups in total. The molecule has 0 aliphatic heterocycles. The minimum Gasteiger partial charge on any atom is -0.378 e. The van der Waals surface area contributed by atoms with Crippen molar-refractivity contribution in [1.82, 2.24) is 0 Å². The molecule has 0 aliphatic rings. The predicted octanol–water partition coefficient (Wildman–Crippen LogP) is 5.16. The van der Waals surface area contributed by atoms with E-state index in [4.69, 9.17) is 11.6 Å². The highest BCUT2D eigenvalue weighted by atomic mass is 79.9. The summed E-state index contributed by atoms with van der Waals surface area (Å²) >= 11 is 9.29. The third kappa shape index (κ3) is 3.03. The van der Waals surface area contributed by atoms with E-state index in [2.05, 4.69) is 21.2 Å². The van der Waals surface area contributed by atoms with Crippen LogP contribution in [0.4, 0.5) is 10.1 Å². The number of hydrogen-bond acceptors (Lipinski definition) is 1. The lowest BCUT2D eigenvalue weighted by Crippen LogP contribution is -2.03. The first-order chi connectivity index (χ1) is 8.58. The molecule has 1 nitrogen and oxygen atoms in total. The number of rotatable bonds is 3. The van der Waals surface area contributed by atoms with E-state index < -0.39 is 0 Å². The van der Waals surface area contributed by atoms with Gasteiger partial charge in [-0.15, -0.1) is 0 Å². The maximum atomic E-state index is 13.6. The number of para-hydroxylation sites is 1. The second kappa shape index (κ2) is 5.72. The first-order valence-electron chi connectivity index (χ1n) is 5.51. The molecule has 4 heteroatoms. The third-order valence-electron chi connectivity index (χ3n) is 2.68. The largest absolute Gasteiger partial charge is 0.378 e. The van der Waals surface area contributed by atoms with E-state index in [1.165, 1.54) is 6.07 Å². The van der Waals surface area contributed by atoms with Crippen molar-refractivity contribution in [2.45, 2.75) is 13.5 Å². The smallest absolute Gasteiger partial charge is 0.146 e. The number of benzene rings is 2. The third-order valence-corrected chi connectivity index (χ3v) is 3.89. The minimum atomic E-state index is -0.233. The van der Waals surface area contributed by atoms with E-state index in [-0.39, 0.29) is 5.82 Å². The molecular weight excluding hydrogens is 317 g/mol. The van der Waals surface area contributed by atoms with E-state index >= 15 is 0 Å². The maximum Gasteiger partial charge on any atom is 0.146 e. The molecule has 0 amide bonds. The number of hydrogen-bond donors (Lipinski definition) is 1. The van der Waals surface area contributed by atoms with Crippen LogP contribution in [0.5, 0.6) is 0 Å². The first kappa shape index (κ1) is 13.4. The summed E-state index contributed by atoms with van der Waals surface area (Å²) in [5.74, 6) is -0.233. The predicted molar refractivity (Wildman–Crippen MR) is 77.6 cm³/mol. The molecular formula is C14H12BrClFN. The van der Waals surface area contributed by atoms with Gasteiger partial charge in [0, 0.05) is 11.0 Å². The summed E-state index contributed by atoms with van der Waals surface area (Å²) in [6.45, 7) is 2.43. The van der Waals surface area contributed by atoms with Crippen molar-refractivity contribution < 1.29 is 4.39 Å². The van der Waals surface area contributed by atoms with Gasteiger partial charge in [0.05, 0.1) is 10.7 Å². The molecule has 0 saturated carbocycles. The van der Waals surface area contributed by atoms with Crippen molar-refractivity contribution in [2.75, 3.05) is 5.32 Å². The molecule has 0 saturated heterocycles. The molecule has 2 aromatic rings. The van der Waals surface area contributed by atoms with Crippen LogP contribution in [0.25, 0.3) is 0 Å². The number of halogens is 3. The summed E-state index contributed by atoms with van der Waals surface area (Å²) in [4.78, 5) is 0. The van der Waals surface area contributed by atoms with Gasteiger partial charge in [-0.25, -0.2) is 4.39 Å². The SMILES string of the molecule is Cc1cccc(F)c1NCc1ccc(Cl)c(Br)c1.